The summed E-state index contributed by atoms with van der Waals surface area (Å²) in [6, 6.07) is 6.24. The molecule has 0 radical (unpaired) electrons. The van der Waals surface area contributed by atoms with Crippen molar-refractivity contribution in [3.05, 3.63) is 29.3 Å². The monoisotopic (exact) mass is 488 g/mol. The fourth-order valence-electron chi connectivity index (χ4n) is 3.15. The number of carbonyl (C=O) groups excluding carboxylic acids is 1. The fourth-order valence-corrected chi connectivity index (χ4v) is 3.15. The van der Waals surface area contributed by atoms with Gasteiger partial charge < -0.3 is 20.3 Å². The van der Waals surface area contributed by atoms with Gasteiger partial charge in [-0.1, -0.05) is 17.7 Å². The number of carbonyl (C=O) groups is 1. The number of likely N-dealkylation sites (tertiary alicyclic amines) is 1. The fraction of sp³-hybridized carbons (Fsp3) is 0.600. The van der Waals surface area contributed by atoms with Crippen LogP contribution in [0.5, 0.6) is 5.75 Å². The van der Waals surface area contributed by atoms with Crippen molar-refractivity contribution in [2.24, 2.45) is 4.99 Å². The zero-order chi connectivity index (χ0) is 18.8. The second-order valence-electron chi connectivity index (χ2n) is 6.59. The number of hydrogen-bond donors (Lipinski definition) is 2. The zero-order valence-electron chi connectivity index (χ0n) is 16.7. The molecular weight excluding hydrogens is 455 g/mol. The molecule has 7 heteroatoms. The molecule has 1 aromatic rings. The van der Waals surface area contributed by atoms with Crippen LogP contribution in [-0.2, 0) is 11.2 Å². The van der Waals surface area contributed by atoms with Crippen LogP contribution in [0.2, 0.25) is 0 Å². The van der Waals surface area contributed by atoms with Crippen molar-refractivity contribution in [1.29, 1.82) is 0 Å². The highest BCUT2D eigenvalue weighted by molar-refractivity contribution is 14.0. The molecule has 0 aliphatic carbocycles. The van der Waals surface area contributed by atoms with Crippen molar-refractivity contribution in [3.8, 4) is 5.75 Å². The van der Waals surface area contributed by atoms with Crippen molar-refractivity contribution < 1.29 is 9.53 Å². The van der Waals surface area contributed by atoms with Crippen LogP contribution in [0.1, 0.15) is 37.3 Å². The second kappa shape index (κ2) is 12.8. The summed E-state index contributed by atoms with van der Waals surface area (Å²) >= 11 is 0. The van der Waals surface area contributed by atoms with Crippen LogP contribution in [0.15, 0.2) is 23.2 Å². The largest absolute Gasteiger partial charge is 0.496 e. The Morgan fingerprint density at radius 3 is 2.81 bits per heavy atom. The number of hydrogen-bond acceptors (Lipinski definition) is 3. The van der Waals surface area contributed by atoms with Gasteiger partial charge in [0.15, 0.2) is 5.96 Å². The Morgan fingerprint density at radius 1 is 1.33 bits per heavy atom. The minimum absolute atomic E-state index is 0. The van der Waals surface area contributed by atoms with E-state index in [0.717, 1.165) is 57.2 Å². The van der Waals surface area contributed by atoms with E-state index in [9.17, 15) is 4.79 Å². The molecule has 1 saturated heterocycles. The average Bonchev–Trinajstić information content (AvgIpc) is 3.04. The van der Waals surface area contributed by atoms with E-state index in [1.807, 2.05) is 11.0 Å². The zero-order valence-corrected chi connectivity index (χ0v) is 19.0. The molecule has 6 nitrogen and oxygen atoms in total. The molecule has 0 atom stereocenters. The molecule has 1 fully saturated rings. The van der Waals surface area contributed by atoms with Crippen molar-refractivity contribution in [2.75, 3.05) is 39.8 Å². The van der Waals surface area contributed by atoms with E-state index in [4.69, 9.17) is 4.74 Å². The number of benzene rings is 1. The van der Waals surface area contributed by atoms with E-state index in [-0.39, 0.29) is 29.9 Å². The number of nitrogens with zero attached hydrogens (tertiary/aromatic N) is 2. The third kappa shape index (κ3) is 7.94. The first-order valence-corrected chi connectivity index (χ1v) is 9.57. The van der Waals surface area contributed by atoms with E-state index in [0.29, 0.717) is 13.0 Å². The van der Waals surface area contributed by atoms with Gasteiger partial charge in [-0.25, -0.2) is 0 Å². The summed E-state index contributed by atoms with van der Waals surface area (Å²) in [5.41, 5.74) is 2.43. The summed E-state index contributed by atoms with van der Waals surface area (Å²) in [7, 11) is 1.71. The van der Waals surface area contributed by atoms with Gasteiger partial charge in [0, 0.05) is 39.1 Å². The summed E-state index contributed by atoms with van der Waals surface area (Å²) in [6.07, 6.45) is 3.47. The summed E-state index contributed by atoms with van der Waals surface area (Å²) in [6.45, 7) is 8.19. The van der Waals surface area contributed by atoms with Gasteiger partial charge in [-0.15, -0.1) is 24.0 Å². The van der Waals surface area contributed by atoms with E-state index >= 15 is 0 Å². The van der Waals surface area contributed by atoms with Gasteiger partial charge in [-0.2, -0.15) is 0 Å². The molecule has 1 aliphatic heterocycles. The maximum Gasteiger partial charge on any atom is 0.222 e. The average molecular weight is 488 g/mol. The van der Waals surface area contributed by atoms with Crippen LogP contribution >= 0.6 is 24.0 Å². The number of aliphatic imine (C=N–C) groups is 1. The number of amides is 1. The Labute approximate surface area is 180 Å². The number of rotatable bonds is 9. The minimum atomic E-state index is 0. The molecule has 152 valence electrons. The maximum absolute atomic E-state index is 11.6. The summed E-state index contributed by atoms with van der Waals surface area (Å²) in [4.78, 5) is 18.2. The van der Waals surface area contributed by atoms with Crippen molar-refractivity contribution >= 4 is 35.8 Å². The maximum atomic E-state index is 11.6. The van der Waals surface area contributed by atoms with Gasteiger partial charge in [0.05, 0.1) is 7.11 Å². The number of aryl methyl sites for hydroxylation is 1. The molecule has 0 bridgehead atoms. The third-order valence-corrected chi connectivity index (χ3v) is 4.49. The van der Waals surface area contributed by atoms with E-state index in [1.54, 1.807) is 7.11 Å². The summed E-state index contributed by atoms with van der Waals surface area (Å²) < 4.78 is 5.44. The summed E-state index contributed by atoms with van der Waals surface area (Å²) in [5.74, 6) is 2.03. The third-order valence-electron chi connectivity index (χ3n) is 4.49. The molecule has 1 heterocycles. The standard InChI is InChI=1S/C20H32N4O2.HI/c1-4-21-20(22-11-6-14-24-13-5-7-19(24)25)23-12-10-17-15-16(2)8-9-18(17)26-3;/h8-9,15H,4-7,10-14H2,1-3H3,(H2,21,22,23);1H. The lowest BCUT2D eigenvalue weighted by Crippen LogP contribution is -2.38. The molecule has 1 aliphatic rings. The van der Waals surface area contributed by atoms with E-state index < -0.39 is 0 Å². The van der Waals surface area contributed by atoms with E-state index in [1.165, 1.54) is 11.1 Å². The SMILES string of the molecule is CCNC(=NCCCN1CCCC1=O)NCCc1cc(C)ccc1OC.I. The van der Waals surface area contributed by atoms with Gasteiger partial charge in [0.25, 0.3) is 0 Å². The van der Waals surface area contributed by atoms with Gasteiger partial charge >= 0.3 is 0 Å². The number of methoxy groups -OCH3 is 1. The lowest BCUT2D eigenvalue weighted by atomic mass is 10.1. The Bertz CT molecular complexity index is 622. The van der Waals surface area contributed by atoms with E-state index in [2.05, 4.69) is 41.6 Å². The predicted octanol–water partition coefficient (Wildman–Crippen LogP) is 2.73. The normalized spacial score (nSPS) is 14.1. The van der Waals surface area contributed by atoms with Gasteiger partial charge in [-0.3, -0.25) is 9.79 Å². The van der Waals surface area contributed by atoms with Gasteiger partial charge in [0.2, 0.25) is 5.91 Å². The first-order chi connectivity index (χ1) is 12.6. The number of ether oxygens (including phenoxy) is 1. The summed E-state index contributed by atoms with van der Waals surface area (Å²) in [5, 5.41) is 6.65. The van der Waals surface area contributed by atoms with Crippen LogP contribution in [0.4, 0.5) is 0 Å². The second-order valence-corrected chi connectivity index (χ2v) is 6.59. The lowest BCUT2D eigenvalue weighted by molar-refractivity contribution is -0.127. The first-order valence-electron chi connectivity index (χ1n) is 9.57. The highest BCUT2D eigenvalue weighted by Gasteiger charge is 2.18. The van der Waals surface area contributed by atoms with Crippen molar-refractivity contribution in [2.45, 2.75) is 39.5 Å². The Kier molecular flexibility index (Phi) is 11.2. The highest BCUT2D eigenvalue weighted by Crippen LogP contribution is 2.19. The number of guanidine groups is 1. The topological polar surface area (TPSA) is 66.0 Å². The minimum Gasteiger partial charge on any atom is -0.496 e. The van der Waals surface area contributed by atoms with Crippen LogP contribution in [-0.4, -0.2) is 56.6 Å². The van der Waals surface area contributed by atoms with Gasteiger partial charge in [0.1, 0.15) is 5.75 Å². The molecule has 0 spiro atoms. The molecule has 1 amide bonds. The molecular formula is C20H33IN4O2. The van der Waals surface area contributed by atoms with Crippen molar-refractivity contribution in [1.82, 2.24) is 15.5 Å². The smallest absolute Gasteiger partial charge is 0.222 e. The molecule has 0 saturated carbocycles. The molecule has 0 unspecified atom stereocenters. The van der Waals surface area contributed by atoms with Gasteiger partial charge in [-0.05, 0) is 44.7 Å². The first kappa shape index (κ1) is 23.5. The molecule has 2 rings (SSSR count). The van der Waals surface area contributed by atoms with Crippen LogP contribution in [0.3, 0.4) is 0 Å². The van der Waals surface area contributed by atoms with Crippen LogP contribution in [0.25, 0.3) is 0 Å². The van der Waals surface area contributed by atoms with Crippen LogP contribution in [0, 0.1) is 6.92 Å². The molecule has 2 N–H and O–H groups in total. The predicted molar refractivity (Wildman–Crippen MR) is 121 cm³/mol. The Morgan fingerprint density at radius 2 is 2.15 bits per heavy atom. The number of halogens is 1. The molecule has 1 aromatic carbocycles. The molecule has 27 heavy (non-hydrogen) atoms. The van der Waals surface area contributed by atoms with Crippen molar-refractivity contribution in [3.63, 3.8) is 0 Å². The highest BCUT2D eigenvalue weighted by atomic mass is 127. The van der Waals surface area contributed by atoms with Crippen LogP contribution < -0.4 is 15.4 Å². The molecule has 0 aromatic heterocycles. The quantitative estimate of drug-likeness (QED) is 0.243. The number of nitrogens with one attached hydrogen (secondary N) is 2. The Balaban J connectivity index is 0.00000364. The lowest BCUT2D eigenvalue weighted by Gasteiger charge is -2.15. The Hall–Kier alpha value is -1.51.